The Bertz CT molecular complexity index is 13.5. The van der Waals surface area contributed by atoms with Crippen molar-refractivity contribution < 1.29 is 50.8 Å². The van der Waals surface area contributed by atoms with Crippen LogP contribution in [0.15, 0.2) is 0 Å². The minimum Gasteiger partial charge on any atom is -1.00 e. The molecule has 0 rings (SSSR count). The molecule has 0 saturated heterocycles. The van der Waals surface area contributed by atoms with Gasteiger partial charge in [0.05, 0.1) is 0 Å². The van der Waals surface area contributed by atoms with E-state index in [1.54, 1.807) is 0 Å². The monoisotopic (exact) mass is 126 g/mol. The maximum atomic E-state index is 8.81. The van der Waals surface area contributed by atoms with Gasteiger partial charge in [0.1, 0.15) is 11.9 Å². The Labute approximate surface area is 62.5 Å². The van der Waals surface area contributed by atoms with Gasteiger partial charge in [-0.3, -0.25) is 0 Å². The van der Waals surface area contributed by atoms with Gasteiger partial charge in [-0.05, 0) is 0 Å². The van der Waals surface area contributed by atoms with Crippen molar-refractivity contribution in [1.82, 2.24) is 0 Å². The summed E-state index contributed by atoms with van der Waals surface area (Å²) in [5, 5.41) is 0. The predicted molar refractivity (Wildman–Crippen MR) is 8.05 cm³/mol. The quantitative estimate of drug-likeness (QED) is 0.343. The molecule has 0 aromatic heterocycles. The smallest absolute Gasteiger partial charge is 1.00 e. The molecular formula is HCl2NaO2. The largest absolute Gasteiger partial charge is 1.00 e. The molecule has 5 heteroatoms. The summed E-state index contributed by atoms with van der Waals surface area (Å²) >= 11 is 4.54. The minimum atomic E-state index is 0. The topological polar surface area (TPSA) is 32.3 Å². The zero-order chi connectivity index (χ0) is 3.41. The van der Waals surface area contributed by atoms with Crippen molar-refractivity contribution in [2.45, 2.75) is 0 Å². The zero-order valence-corrected chi connectivity index (χ0v) is 6.08. The van der Waals surface area contributed by atoms with Gasteiger partial charge in [0.25, 0.3) is 0 Å². The molecule has 0 aliphatic heterocycles. The molecule has 0 spiro atoms. The van der Waals surface area contributed by atoms with Gasteiger partial charge in [-0.2, -0.15) is 0 Å². The standard InChI is InChI=1S/Cl2O2.Na.H/c1-4-2-3;;/q;+1;-1. The van der Waals surface area contributed by atoms with Crippen molar-refractivity contribution in [2.75, 3.05) is 0 Å². The first kappa shape index (κ1) is 9.71. The fourth-order valence-corrected chi connectivity index (χ4v) is 0. The Morgan fingerprint density at radius 1 is 2.00 bits per heavy atom. The molecule has 0 unspecified atom stereocenters. The van der Waals surface area contributed by atoms with Gasteiger partial charge >= 0.3 is 40.9 Å². The van der Waals surface area contributed by atoms with E-state index >= 15 is 0 Å². The average Bonchev–Trinajstić information content (AvgIpc) is 1.37. The molecule has 28 valence electrons. The maximum absolute atomic E-state index is 8.81. The third-order valence-electron chi connectivity index (χ3n) is 0.0238. The number of halogens is 2. The van der Waals surface area contributed by atoms with E-state index in [-0.39, 0.29) is 42.3 Å². The van der Waals surface area contributed by atoms with E-state index in [4.69, 9.17) is 4.66 Å². The second-order valence-corrected chi connectivity index (χ2v) is 0.714. The van der Waals surface area contributed by atoms with E-state index in [1.807, 2.05) is 0 Å². The Morgan fingerprint density at radius 2 is 2.20 bits per heavy atom. The third kappa shape index (κ3) is 10.8. The molecule has 0 heterocycles. The molecule has 0 radical (unpaired) electrons. The second kappa shape index (κ2) is 9.09. The van der Waals surface area contributed by atoms with E-state index in [0.717, 1.165) is 0 Å². The van der Waals surface area contributed by atoms with Crippen LogP contribution in [-0.4, -0.2) is 0 Å². The third-order valence-corrected chi connectivity index (χ3v) is 0.214. The molecule has 0 fully saturated rings. The van der Waals surface area contributed by atoms with Crippen LogP contribution in [0.25, 0.3) is 0 Å². The first-order chi connectivity index (χ1) is 1.91. The number of hydrogen-bond acceptors (Lipinski definition) is 2. The first-order valence-electron chi connectivity index (χ1n) is 0.463. The molecule has 0 atom stereocenters. The van der Waals surface area contributed by atoms with Crippen molar-refractivity contribution in [1.29, 1.82) is 0 Å². The molecule has 0 aliphatic carbocycles. The van der Waals surface area contributed by atoms with Gasteiger partial charge in [0.2, 0.25) is 0 Å². The van der Waals surface area contributed by atoms with Gasteiger partial charge in [-0.15, -0.1) is 0 Å². The summed E-state index contributed by atoms with van der Waals surface area (Å²) in [4.78, 5) is 0. The Kier molecular flexibility index (Phi) is 17.7. The number of rotatable bonds is 1. The van der Waals surface area contributed by atoms with Crippen LogP contribution in [-0.2, 0) is 3.84 Å². The van der Waals surface area contributed by atoms with Crippen LogP contribution in [0, 0.1) is 11.3 Å². The molecular weight excluding hydrogens is 126 g/mol. The van der Waals surface area contributed by atoms with Crippen molar-refractivity contribution in [3.63, 3.8) is 0 Å². The summed E-state index contributed by atoms with van der Waals surface area (Å²) in [5.41, 5.74) is 0. The van der Waals surface area contributed by atoms with Gasteiger partial charge in [0, 0.05) is 3.84 Å². The molecule has 0 aromatic carbocycles. The van der Waals surface area contributed by atoms with E-state index in [9.17, 15) is 0 Å². The van der Waals surface area contributed by atoms with Crippen LogP contribution in [0.2, 0.25) is 0 Å². The van der Waals surface area contributed by atoms with Crippen LogP contribution in [0.3, 0.4) is 0 Å². The van der Waals surface area contributed by atoms with Gasteiger partial charge in [-0.1, -0.05) is 0 Å². The van der Waals surface area contributed by atoms with Crippen molar-refractivity contribution in [3.05, 3.63) is 0 Å². The molecule has 0 aliphatic rings. The first-order valence-corrected chi connectivity index (χ1v) is 1.39. The fourth-order valence-electron chi connectivity index (χ4n) is 0. The summed E-state index contributed by atoms with van der Waals surface area (Å²) in [6, 6.07) is 0. The predicted octanol–water partition coefficient (Wildman–Crippen LogP) is -3.45. The Morgan fingerprint density at radius 3 is 2.20 bits per heavy atom. The molecule has 0 N–H and O–H groups in total. The molecule has 0 aromatic rings. The van der Waals surface area contributed by atoms with Crippen LogP contribution in [0.4, 0.5) is 0 Å². The van der Waals surface area contributed by atoms with Crippen LogP contribution < -0.4 is 34.2 Å². The van der Waals surface area contributed by atoms with Crippen molar-refractivity contribution in [2.24, 2.45) is 0 Å². The normalized spacial score (nSPS) is 6.00. The summed E-state index contributed by atoms with van der Waals surface area (Å²) in [6.07, 6.45) is 0. The van der Waals surface area contributed by atoms with Crippen molar-refractivity contribution in [3.8, 4) is 0 Å². The Hall–Kier alpha value is 1.50. The van der Waals surface area contributed by atoms with Crippen LogP contribution in [0.5, 0.6) is 0 Å². The summed E-state index contributed by atoms with van der Waals surface area (Å²) in [6.45, 7) is 0. The minimum absolute atomic E-state index is 0. The van der Waals surface area contributed by atoms with Gasteiger partial charge in [0.15, 0.2) is 0 Å². The summed E-state index contributed by atoms with van der Waals surface area (Å²) < 4.78 is 12.1. The van der Waals surface area contributed by atoms with E-state index in [0.29, 0.717) is 0 Å². The SMILES string of the molecule is [H-].[Na+].[O-][Cl+]OCl. The second-order valence-electron chi connectivity index (χ2n) is 0.121. The maximum Gasteiger partial charge on any atom is 1.00 e. The number of hydrogen-bond donors (Lipinski definition) is 0. The Balaban J connectivity index is -0.0000000450. The van der Waals surface area contributed by atoms with E-state index in [2.05, 4.69) is 15.7 Å². The average molecular weight is 127 g/mol. The van der Waals surface area contributed by atoms with E-state index in [1.165, 1.54) is 0 Å². The summed E-state index contributed by atoms with van der Waals surface area (Å²) in [5.74, 6) is 0. The molecule has 5 heavy (non-hydrogen) atoms. The zero-order valence-electron chi connectivity index (χ0n) is 3.57. The van der Waals surface area contributed by atoms with E-state index < -0.39 is 0 Å². The van der Waals surface area contributed by atoms with Crippen LogP contribution >= 0.6 is 11.9 Å². The van der Waals surface area contributed by atoms with Crippen molar-refractivity contribution >= 4 is 11.9 Å². The van der Waals surface area contributed by atoms with Gasteiger partial charge < -0.3 is 6.09 Å². The molecule has 0 bridgehead atoms. The van der Waals surface area contributed by atoms with Gasteiger partial charge in [-0.25, -0.2) is 0 Å². The molecule has 0 saturated carbocycles. The summed E-state index contributed by atoms with van der Waals surface area (Å²) in [7, 11) is 0. The molecule has 0 amide bonds. The van der Waals surface area contributed by atoms with Crippen LogP contribution in [0.1, 0.15) is 1.43 Å². The molecule has 2 nitrogen and oxygen atoms in total. The fraction of sp³-hybridized carbons (Fsp3) is 0.